The molecule has 0 amide bonds. The summed E-state index contributed by atoms with van der Waals surface area (Å²) in [5.41, 5.74) is 1.90. The smallest absolute Gasteiger partial charge is 0.196 e. The Morgan fingerprint density at radius 2 is 2.13 bits per heavy atom. The van der Waals surface area contributed by atoms with Crippen LogP contribution in [0.4, 0.5) is 5.69 Å². The van der Waals surface area contributed by atoms with E-state index in [1.165, 1.54) is 12.8 Å². The maximum atomic E-state index is 5.73. The molecule has 0 spiro atoms. The second-order valence-electron chi connectivity index (χ2n) is 8.10. The van der Waals surface area contributed by atoms with Gasteiger partial charge in [0.2, 0.25) is 0 Å². The van der Waals surface area contributed by atoms with Crippen molar-refractivity contribution < 1.29 is 9.47 Å². The first-order valence-corrected chi connectivity index (χ1v) is 11.8. The molecule has 1 fully saturated rings. The van der Waals surface area contributed by atoms with Crippen LogP contribution in [0.5, 0.6) is 5.75 Å². The Morgan fingerprint density at radius 1 is 1.29 bits per heavy atom. The van der Waals surface area contributed by atoms with Gasteiger partial charge >= 0.3 is 0 Å². The fourth-order valence-electron chi connectivity index (χ4n) is 3.09. The van der Waals surface area contributed by atoms with E-state index in [4.69, 9.17) is 14.5 Å². The van der Waals surface area contributed by atoms with Gasteiger partial charge in [0.05, 0.1) is 18.3 Å². The Hall–Kier alpha value is -2.58. The number of hydrogen-bond acceptors (Lipinski definition) is 5. The van der Waals surface area contributed by atoms with Crippen LogP contribution in [0.3, 0.4) is 0 Å². The van der Waals surface area contributed by atoms with Crippen LogP contribution in [0, 0.1) is 5.92 Å². The van der Waals surface area contributed by atoms with Gasteiger partial charge in [0, 0.05) is 43.2 Å². The summed E-state index contributed by atoms with van der Waals surface area (Å²) in [6, 6.07) is 7.94. The van der Waals surface area contributed by atoms with Gasteiger partial charge < -0.3 is 20.1 Å². The van der Waals surface area contributed by atoms with Crippen molar-refractivity contribution in [3.8, 4) is 5.75 Å². The normalized spacial score (nSPS) is 14.4. The predicted molar refractivity (Wildman–Crippen MR) is 126 cm³/mol. The number of ether oxygens (including phenoxy) is 2. The van der Waals surface area contributed by atoms with Gasteiger partial charge in [0.25, 0.3) is 0 Å². The SMILES string of the molecule is CC(C)Oc1ccc(NC(=NCc2cn3ccsc3n2)NCCCOCC2CC2)cc1. The van der Waals surface area contributed by atoms with Gasteiger partial charge in [-0.1, -0.05) is 0 Å². The summed E-state index contributed by atoms with van der Waals surface area (Å²) in [6.45, 7) is 7.03. The van der Waals surface area contributed by atoms with E-state index in [2.05, 4.69) is 15.6 Å². The summed E-state index contributed by atoms with van der Waals surface area (Å²) >= 11 is 1.62. The number of aliphatic imine (C=N–C) groups is 1. The zero-order valence-electron chi connectivity index (χ0n) is 18.2. The predicted octanol–water partition coefficient (Wildman–Crippen LogP) is 4.56. The van der Waals surface area contributed by atoms with Crippen LogP contribution in [0.1, 0.15) is 38.8 Å². The number of fused-ring (bicyclic) bond motifs is 1. The largest absolute Gasteiger partial charge is 0.491 e. The molecule has 1 aromatic carbocycles. The molecule has 0 aliphatic heterocycles. The number of anilines is 1. The van der Waals surface area contributed by atoms with E-state index in [1.807, 2.05) is 60.3 Å². The molecule has 2 aromatic heterocycles. The van der Waals surface area contributed by atoms with E-state index in [1.54, 1.807) is 11.3 Å². The first-order chi connectivity index (χ1) is 15.2. The molecule has 166 valence electrons. The maximum Gasteiger partial charge on any atom is 0.196 e. The Morgan fingerprint density at radius 3 is 2.87 bits per heavy atom. The molecule has 1 aliphatic carbocycles. The van der Waals surface area contributed by atoms with Crippen molar-refractivity contribution in [2.75, 3.05) is 25.1 Å². The lowest BCUT2D eigenvalue weighted by atomic mass is 10.3. The molecule has 2 N–H and O–H groups in total. The Bertz CT molecular complexity index is 947. The molecule has 0 atom stereocenters. The van der Waals surface area contributed by atoms with Crippen molar-refractivity contribution >= 4 is 27.9 Å². The van der Waals surface area contributed by atoms with Gasteiger partial charge in [-0.2, -0.15) is 0 Å². The molecular formula is C23H31N5O2S. The summed E-state index contributed by atoms with van der Waals surface area (Å²) < 4.78 is 13.5. The molecule has 1 saturated carbocycles. The lowest BCUT2D eigenvalue weighted by Gasteiger charge is -2.14. The topological polar surface area (TPSA) is 72.2 Å². The average molecular weight is 442 g/mol. The third-order valence-electron chi connectivity index (χ3n) is 4.84. The number of nitrogens with zero attached hydrogens (tertiary/aromatic N) is 3. The van der Waals surface area contributed by atoms with Gasteiger partial charge in [-0.3, -0.25) is 4.40 Å². The van der Waals surface area contributed by atoms with Gasteiger partial charge in [-0.15, -0.1) is 11.3 Å². The summed E-state index contributed by atoms with van der Waals surface area (Å²) in [5, 5.41) is 8.83. The van der Waals surface area contributed by atoms with Gasteiger partial charge in [-0.05, 0) is 63.3 Å². The van der Waals surface area contributed by atoms with Crippen molar-refractivity contribution in [2.45, 2.75) is 45.8 Å². The monoisotopic (exact) mass is 441 g/mol. The van der Waals surface area contributed by atoms with E-state index in [9.17, 15) is 0 Å². The fraction of sp³-hybridized carbons (Fsp3) is 0.478. The molecule has 8 heteroatoms. The molecule has 0 radical (unpaired) electrons. The van der Waals surface area contributed by atoms with E-state index < -0.39 is 0 Å². The molecule has 31 heavy (non-hydrogen) atoms. The standard InChI is InChI=1S/C23H31N5O2S/c1-17(2)30-21-8-6-19(7-9-21)26-22(24-10-3-12-29-16-18-4-5-18)25-14-20-15-28-11-13-31-23(28)27-20/h6-9,11,13,15,17-18H,3-5,10,12,14,16H2,1-2H3,(H2,24,25,26). The lowest BCUT2D eigenvalue weighted by Crippen LogP contribution is -2.32. The number of aromatic nitrogens is 2. The van der Waals surface area contributed by atoms with Crippen molar-refractivity contribution in [1.29, 1.82) is 0 Å². The highest BCUT2D eigenvalue weighted by atomic mass is 32.1. The van der Waals surface area contributed by atoms with Gasteiger partial charge in [0.15, 0.2) is 10.9 Å². The quantitative estimate of drug-likeness (QED) is 0.259. The summed E-state index contributed by atoms with van der Waals surface area (Å²) in [6.07, 6.45) is 7.78. The van der Waals surface area contributed by atoms with Crippen molar-refractivity contribution in [3.63, 3.8) is 0 Å². The molecule has 7 nitrogen and oxygen atoms in total. The Kier molecular flexibility index (Phi) is 7.43. The van der Waals surface area contributed by atoms with E-state index in [-0.39, 0.29) is 6.10 Å². The number of imidazole rings is 1. The van der Waals surface area contributed by atoms with Gasteiger partial charge in [-0.25, -0.2) is 9.98 Å². The first-order valence-electron chi connectivity index (χ1n) is 11.0. The molecule has 0 unspecified atom stereocenters. The first kappa shape index (κ1) is 21.6. The fourth-order valence-corrected chi connectivity index (χ4v) is 3.81. The number of rotatable bonds is 11. The van der Waals surface area contributed by atoms with E-state index in [0.29, 0.717) is 6.54 Å². The number of benzene rings is 1. The minimum atomic E-state index is 0.157. The van der Waals surface area contributed by atoms with Crippen molar-refractivity contribution in [3.05, 3.63) is 47.7 Å². The van der Waals surface area contributed by atoms with Crippen LogP contribution in [-0.2, 0) is 11.3 Å². The van der Waals surface area contributed by atoms with Crippen molar-refractivity contribution in [1.82, 2.24) is 14.7 Å². The highest BCUT2D eigenvalue weighted by molar-refractivity contribution is 7.15. The van der Waals surface area contributed by atoms with Crippen LogP contribution in [0.2, 0.25) is 0 Å². The third-order valence-corrected chi connectivity index (χ3v) is 5.61. The zero-order valence-corrected chi connectivity index (χ0v) is 19.0. The number of thiazole rings is 1. The minimum Gasteiger partial charge on any atom is -0.491 e. The van der Waals surface area contributed by atoms with Crippen LogP contribution in [0.25, 0.3) is 4.96 Å². The number of hydrogen-bond donors (Lipinski definition) is 2. The molecule has 2 heterocycles. The second kappa shape index (κ2) is 10.6. The van der Waals surface area contributed by atoms with E-state index >= 15 is 0 Å². The minimum absolute atomic E-state index is 0.157. The average Bonchev–Trinajstić information content (AvgIpc) is 3.33. The van der Waals surface area contributed by atoms with Crippen LogP contribution in [-0.4, -0.2) is 41.2 Å². The highest BCUT2D eigenvalue weighted by Gasteiger charge is 2.20. The number of nitrogens with one attached hydrogen (secondary N) is 2. The Balaban J connectivity index is 1.33. The van der Waals surface area contributed by atoms with Crippen LogP contribution >= 0.6 is 11.3 Å². The summed E-state index contributed by atoms with van der Waals surface area (Å²) in [5.74, 6) is 2.40. The van der Waals surface area contributed by atoms with Gasteiger partial charge in [0.1, 0.15) is 5.75 Å². The molecule has 0 bridgehead atoms. The molecule has 3 aromatic rings. The molecule has 0 saturated heterocycles. The third kappa shape index (κ3) is 6.97. The lowest BCUT2D eigenvalue weighted by molar-refractivity contribution is 0.123. The Labute approximate surface area is 187 Å². The number of guanidine groups is 1. The second-order valence-corrected chi connectivity index (χ2v) is 8.98. The summed E-state index contributed by atoms with van der Waals surface area (Å²) in [7, 11) is 0. The van der Waals surface area contributed by atoms with E-state index in [0.717, 1.165) is 60.1 Å². The molecule has 4 rings (SSSR count). The van der Waals surface area contributed by atoms with Crippen LogP contribution < -0.4 is 15.4 Å². The highest BCUT2D eigenvalue weighted by Crippen LogP contribution is 2.28. The zero-order chi connectivity index (χ0) is 21.5. The summed E-state index contributed by atoms with van der Waals surface area (Å²) in [4.78, 5) is 10.3. The molecular weight excluding hydrogens is 410 g/mol. The van der Waals surface area contributed by atoms with Crippen LogP contribution in [0.15, 0.2) is 47.0 Å². The maximum absolute atomic E-state index is 5.73. The molecule has 1 aliphatic rings. The van der Waals surface area contributed by atoms with Crippen molar-refractivity contribution in [2.24, 2.45) is 10.9 Å².